The zero-order chi connectivity index (χ0) is 16.1. The van der Waals surface area contributed by atoms with Gasteiger partial charge < -0.3 is 4.57 Å². The highest BCUT2D eigenvalue weighted by atomic mass is 15.0. The van der Waals surface area contributed by atoms with Crippen LogP contribution in [0, 0.1) is 13.8 Å². The van der Waals surface area contributed by atoms with Gasteiger partial charge in [0.1, 0.15) is 0 Å². The molecule has 0 radical (unpaired) electrons. The fourth-order valence-electron chi connectivity index (χ4n) is 3.87. The molecule has 2 aliphatic rings. The van der Waals surface area contributed by atoms with Crippen molar-refractivity contribution in [3.05, 3.63) is 76.0 Å². The molecule has 1 heteroatoms. The van der Waals surface area contributed by atoms with Crippen molar-refractivity contribution in [1.82, 2.24) is 4.57 Å². The Labute approximate surface area is 138 Å². The maximum atomic E-state index is 2.40. The molecule has 0 atom stereocenters. The third kappa shape index (κ3) is 2.07. The molecule has 0 fully saturated rings. The normalized spacial score (nSPS) is 14.4. The van der Waals surface area contributed by atoms with Gasteiger partial charge in [0, 0.05) is 17.6 Å². The summed E-state index contributed by atoms with van der Waals surface area (Å²) >= 11 is 0. The molecule has 0 saturated heterocycles. The predicted molar refractivity (Wildman–Crippen MR) is 98.9 cm³/mol. The summed E-state index contributed by atoms with van der Waals surface area (Å²) in [5, 5.41) is 1.44. The number of allylic oxidation sites excluding steroid dienone is 2. The first kappa shape index (κ1) is 14.3. The third-order valence-electron chi connectivity index (χ3n) is 5.59. The molecular weight excluding hydrogens is 278 g/mol. The highest BCUT2D eigenvalue weighted by Gasteiger charge is 2.20. The largest absolute Gasteiger partial charge is 0.340 e. The molecule has 0 unspecified atom stereocenters. The number of aromatic nitrogens is 1. The fraction of sp³-hybridized carbons (Fsp3) is 0.273. The van der Waals surface area contributed by atoms with Crippen LogP contribution in [0.5, 0.6) is 0 Å². The number of para-hydroxylation sites is 1. The standard InChI is InChI=1S/C11H11N.C11H12/c1-7-8(2)12-6-9-4-3-5-10(7)11(9)12;1-8-7-10-5-3-4-6-11(10)9(8)2/h3-5H,6H2,1-2H3;3-6H,7H2,1-2H3. The quantitative estimate of drug-likeness (QED) is 0.395. The minimum absolute atomic E-state index is 1.12. The van der Waals surface area contributed by atoms with Crippen LogP contribution in [0.2, 0.25) is 0 Å². The van der Waals surface area contributed by atoms with E-state index >= 15 is 0 Å². The molecule has 0 N–H and O–H groups in total. The Hall–Kier alpha value is -2.28. The first-order valence-electron chi connectivity index (χ1n) is 8.40. The van der Waals surface area contributed by atoms with E-state index in [9.17, 15) is 0 Å². The summed E-state index contributed by atoms with van der Waals surface area (Å²) in [5.41, 5.74) is 11.8. The lowest BCUT2D eigenvalue weighted by Crippen LogP contribution is -2.12. The smallest absolute Gasteiger partial charge is 0.0539 e. The van der Waals surface area contributed by atoms with Gasteiger partial charge in [-0.1, -0.05) is 48.0 Å². The molecule has 1 aliphatic carbocycles. The first-order valence-corrected chi connectivity index (χ1v) is 8.40. The monoisotopic (exact) mass is 301 g/mol. The van der Waals surface area contributed by atoms with Gasteiger partial charge in [-0.05, 0) is 61.9 Å². The number of rotatable bonds is 0. The van der Waals surface area contributed by atoms with Crippen LogP contribution in [0.1, 0.15) is 41.8 Å². The molecule has 0 amide bonds. The van der Waals surface area contributed by atoms with Crippen LogP contribution < -0.4 is 0 Å². The second-order valence-electron chi connectivity index (χ2n) is 6.85. The van der Waals surface area contributed by atoms with E-state index in [2.05, 4.69) is 74.7 Å². The molecule has 0 saturated carbocycles. The first-order chi connectivity index (χ1) is 11.1. The van der Waals surface area contributed by atoms with Crippen molar-refractivity contribution in [1.29, 1.82) is 0 Å². The molecule has 2 aromatic carbocycles. The molecule has 5 rings (SSSR count). The Morgan fingerprint density at radius 1 is 0.826 bits per heavy atom. The Morgan fingerprint density at radius 2 is 1.57 bits per heavy atom. The molecule has 0 bridgehead atoms. The van der Waals surface area contributed by atoms with Crippen LogP contribution >= 0.6 is 0 Å². The van der Waals surface area contributed by atoms with Crippen LogP contribution in [0.4, 0.5) is 0 Å². The summed E-state index contributed by atoms with van der Waals surface area (Å²) in [6.07, 6.45) is 1.15. The van der Waals surface area contributed by atoms with Crippen molar-refractivity contribution in [2.75, 3.05) is 0 Å². The molecular formula is C22H23N. The van der Waals surface area contributed by atoms with Crippen molar-refractivity contribution in [3.8, 4) is 0 Å². The van der Waals surface area contributed by atoms with E-state index in [0.717, 1.165) is 13.0 Å². The summed E-state index contributed by atoms with van der Waals surface area (Å²) in [6, 6.07) is 15.3. The summed E-state index contributed by atoms with van der Waals surface area (Å²) < 4.78 is 2.40. The zero-order valence-electron chi connectivity index (χ0n) is 14.4. The number of hydrogen-bond donors (Lipinski definition) is 0. The maximum absolute atomic E-state index is 2.40. The second-order valence-corrected chi connectivity index (χ2v) is 6.85. The summed E-state index contributed by atoms with van der Waals surface area (Å²) in [6.45, 7) is 9.96. The molecule has 2 heterocycles. The van der Waals surface area contributed by atoms with Gasteiger partial charge in [0.25, 0.3) is 0 Å². The van der Waals surface area contributed by atoms with Gasteiger partial charge in [0.2, 0.25) is 0 Å². The van der Waals surface area contributed by atoms with Gasteiger partial charge >= 0.3 is 0 Å². The Kier molecular flexibility index (Phi) is 3.19. The van der Waals surface area contributed by atoms with E-state index in [0.29, 0.717) is 0 Å². The van der Waals surface area contributed by atoms with Gasteiger partial charge in [-0.2, -0.15) is 0 Å². The number of aryl methyl sites for hydroxylation is 1. The highest BCUT2D eigenvalue weighted by molar-refractivity contribution is 5.91. The number of nitrogens with zero attached hydrogens (tertiary/aromatic N) is 1. The minimum Gasteiger partial charge on any atom is -0.340 e. The highest BCUT2D eigenvalue weighted by Crippen LogP contribution is 2.35. The van der Waals surface area contributed by atoms with Crippen molar-refractivity contribution >= 4 is 16.5 Å². The minimum atomic E-state index is 1.12. The molecule has 23 heavy (non-hydrogen) atoms. The van der Waals surface area contributed by atoms with Crippen LogP contribution in [0.15, 0.2) is 48.0 Å². The number of benzene rings is 2. The van der Waals surface area contributed by atoms with Gasteiger partial charge in [-0.3, -0.25) is 0 Å². The third-order valence-corrected chi connectivity index (χ3v) is 5.59. The fourth-order valence-corrected chi connectivity index (χ4v) is 3.87. The lowest BCUT2D eigenvalue weighted by Gasteiger charge is -2.19. The average molecular weight is 301 g/mol. The van der Waals surface area contributed by atoms with E-state index in [4.69, 9.17) is 0 Å². The molecule has 0 spiro atoms. The summed E-state index contributed by atoms with van der Waals surface area (Å²) in [5.74, 6) is 0. The lowest BCUT2D eigenvalue weighted by atomic mass is 10.1. The Bertz CT molecular complexity index is 940. The summed E-state index contributed by atoms with van der Waals surface area (Å²) in [4.78, 5) is 0. The number of fused-ring (bicyclic) bond motifs is 1. The van der Waals surface area contributed by atoms with Gasteiger partial charge in [-0.25, -0.2) is 0 Å². The topological polar surface area (TPSA) is 4.93 Å². The Balaban J connectivity index is 0.000000118. The number of hydrogen-bond acceptors (Lipinski definition) is 0. The van der Waals surface area contributed by atoms with E-state index < -0.39 is 0 Å². The van der Waals surface area contributed by atoms with E-state index in [1.807, 2.05) is 0 Å². The molecule has 3 aromatic rings. The predicted octanol–water partition coefficient (Wildman–Crippen LogP) is 5.66. The van der Waals surface area contributed by atoms with Gasteiger partial charge in [0.15, 0.2) is 0 Å². The van der Waals surface area contributed by atoms with Crippen molar-refractivity contribution in [2.24, 2.45) is 0 Å². The van der Waals surface area contributed by atoms with Crippen LogP contribution in [-0.4, -0.2) is 4.57 Å². The van der Waals surface area contributed by atoms with Crippen LogP contribution in [0.25, 0.3) is 16.5 Å². The lowest BCUT2D eigenvalue weighted by molar-refractivity contribution is 0.746. The average Bonchev–Trinajstić information content (AvgIpc) is 2.94. The van der Waals surface area contributed by atoms with Crippen LogP contribution in [-0.2, 0) is 13.0 Å². The molecule has 1 aliphatic heterocycles. The summed E-state index contributed by atoms with van der Waals surface area (Å²) in [7, 11) is 0. The SMILES string of the molecule is CC1=C(C)c2ccccc2C1.Cc1c(C)n2c3c(cccc13)C2. The van der Waals surface area contributed by atoms with E-state index in [-0.39, 0.29) is 0 Å². The Morgan fingerprint density at radius 3 is 2.30 bits per heavy atom. The van der Waals surface area contributed by atoms with Crippen LogP contribution in [0.3, 0.4) is 0 Å². The van der Waals surface area contributed by atoms with Gasteiger partial charge in [0.05, 0.1) is 5.52 Å². The molecule has 1 aromatic heterocycles. The van der Waals surface area contributed by atoms with Crippen molar-refractivity contribution in [2.45, 2.75) is 40.7 Å². The molecule has 1 nitrogen and oxygen atoms in total. The van der Waals surface area contributed by atoms with Crippen molar-refractivity contribution in [3.63, 3.8) is 0 Å². The maximum Gasteiger partial charge on any atom is 0.0539 e. The second kappa shape index (κ2) is 5.13. The van der Waals surface area contributed by atoms with Gasteiger partial charge in [-0.15, -0.1) is 0 Å². The van der Waals surface area contributed by atoms with E-state index in [1.165, 1.54) is 50.0 Å². The van der Waals surface area contributed by atoms with E-state index in [1.54, 1.807) is 0 Å². The zero-order valence-corrected chi connectivity index (χ0v) is 14.4. The molecule has 116 valence electrons. The van der Waals surface area contributed by atoms with Crippen molar-refractivity contribution < 1.29 is 0 Å².